The van der Waals surface area contributed by atoms with Crippen LogP contribution in [0, 0.1) is 12.8 Å². The molecule has 2 aromatic carbocycles. The molecule has 0 aliphatic carbocycles. The summed E-state index contributed by atoms with van der Waals surface area (Å²) in [5, 5.41) is 3.58. The van der Waals surface area contributed by atoms with Crippen LogP contribution in [0.25, 0.3) is 0 Å². The fourth-order valence-electron chi connectivity index (χ4n) is 3.79. The monoisotopic (exact) mass is 419 g/mol. The van der Waals surface area contributed by atoms with Crippen molar-refractivity contribution in [1.29, 1.82) is 0 Å². The number of anilines is 1. The second-order valence-corrected chi connectivity index (χ2v) is 8.58. The molecule has 6 heteroatoms. The fourth-order valence-corrected chi connectivity index (χ4v) is 4.81. The summed E-state index contributed by atoms with van der Waals surface area (Å²) in [5.74, 6) is -0.0822. The number of piperidine rings is 1. The van der Waals surface area contributed by atoms with Gasteiger partial charge in [0.2, 0.25) is 5.91 Å². The highest BCUT2D eigenvalue weighted by molar-refractivity contribution is 7.17. The predicted octanol–water partition coefficient (Wildman–Crippen LogP) is 4.37. The van der Waals surface area contributed by atoms with Crippen LogP contribution in [0.2, 0.25) is 0 Å². The van der Waals surface area contributed by atoms with Crippen LogP contribution < -0.4 is 10.2 Å². The molecule has 4 rings (SSSR count). The van der Waals surface area contributed by atoms with Crippen molar-refractivity contribution >= 4 is 28.3 Å². The van der Waals surface area contributed by atoms with Gasteiger partial charge in [-0.15, -0.1) is 0 Å². The van der Waals surface area contributed by atoms with Crippen LogP contribution in [0.15, 0.2) is 60.7 Å². The van der Waals surface area contributed by atoms with Gasteiger partial charge >= 0.3 is 0 Å². The molecule has 1 aromatic heterocycles. The van der Waals surface area contributed by atoms with E-state index in [1.807, 2.05) is 55.5 Å². The topological polar surface area (TPSA) is 62.3 Å². The maximum Gasteiger partial charge on any atom is 0.263 e. The van der Waals surface area contributed by atoms with Gasteiger partial charge in [0.25, 0.3) is 5.91 Å². The Balaban J connectivity index is 1.45. The van der Waals surface area contributed by atoms with E-state index in [4.69, 9.17) is 0 Å². The largest absolute Gasteiger partial charge is 0.347 e. The first-order valence-corrected chi connectivity index (χ1v) is 11.1. The van der Waals surface area contributed by atoms with E-state index >= 15 is 0 Å². The van der Waals surface area contributed by atoms with E-state index in [2.05, 4.69) is 22.4 Å². The van der Waals surface area contributed by atoms with Crippen LogP contribution in [0.4, 0.5) is 5.13 Å². The lowest BCUT2D eigenvalue weighted by atomic mass is 9.91. The van der Waals surface area contributed by atoms with Gasteiger partial charge in [-0.05, 0) is 37.3 Å². The summed E-state index contributed by atoms with van der Waals surface area (Å²) in [6.07, 6.45) is 2.57. The normalized spacial score (nSPS) is 16.5. The van der Waals surface area contributed by atoms with Crippen molar-refractivity contribution in [2.24, 2.45) is 5.92 Å². The van der Waals surface area contributed by atoms with Gasteiger partial charge in [-0.25, -0.2) is 4.98 Å². The first kappa shape index (κ1) is 20.3. The standard InChI is InChI=1S/C24H25N3O2S/c1-17-21(22(28)25-16-19-11-6-3-7-12-19)30-24(26-17)27-14-8-13-20(23(27)29)15-18-9-4-2-5-10-18/h2-7,9-12,20H,8,13-16H2,1H3,(H,25,28). The van der Waals surface area contributed by atoms with Crippen LogP contribution in [0.1, 0.15) is 39.3 Å². The second-order valence-electron chi connectivity index (χ2n) is 7.60. The zero-order chi connectivity index (χ0) is 20.9. The number of aromatic nitrogens is 1. The molecule has 1 unspecified atom stereocenters. The van der Waals surface area contributed by atoms with E-state index in [1.54, 1.807) is 4.90 Å². The van der Waals surface area contributed by atoms with Crippen molar-refractivity contribution in [2.75, 3.05) is 11.4 Å². The van der Waals surface area contributed by atoms with Gasteiger partial charge in [-0.3, -0.25) is 14.5 Å². The van der Waals surface area contributed by atoms with E-state index < -0.39 is 0 Å². The van der Waals surface area contributed by atoms with Crippen molar-refractivity contribution in [1.82, 2.24) is 10.3 Å². The lowest BCUT2D eigenvalue weighted by Gasteiger charge is -2.30. The van der Waals surface area contributed by atoms with Gasteiger partial charge in [0.15, 0.2) is 5.13 Å². The van der Waals surface area contributed by atoms with Crippen LogP contribution >= 0.6 is 11.3 Å². The van der Waals surface area contributed by atoms with E-state index in [1.165, 1.54) is 16.9 Å². The summed E-state index contributed by atoms with van der Waals surface area (Å²) >= 11 is 1.30. The Labute approximate surface area is 180 Å². The van der Waals surface area contributed by atoms with Crippen LogP contribution in [-0.2, 0) is 17.8 Å². The van der Waals surface area contributed by atoms with Gasteiger partial charge in [0, 0.05) is 19.0 Å². The molecule has 1 atom stereocenters. The number of carbonyl (C=O) groups excluding carboxylic acids is 2. The number of carbonyl (C=O) groups is 2. The molecule has 1 N–H and O–H groups in total. The Morgan fingerprint density at radius 3 is 2.47 bits per heavy atom. The molecule has 5 nitrogen and oxygen atoms in total. The number of amides is 2. The summed E-state index contributed by atoms with van der Waals surface area (Å²) < 4.78 is 0. The second kappa shape index (κ2) is 9.22. The molecule has 30 heavy (non-hydrogen) atoms. The van der Waals surface area contributed by atoms with Gasteiger partial charge in [-0.2, -0.15) is 0 Å². The minimum atomic E-state index is -0.148. The van der Waals surface area contributed by atoms with Crippen molar-refractivity contribution in [3.63, 3.8) is 0 Å². The Morgan fingerprint density at radius 1 is 1.10 bits per heavy atom. The Kier molecular flexibility index (Phi) is 6.23. The Bertz CT molecular complexity index is 1020. The van der Waals surface area contributed by atoms with E-state index in [0.29, 0.717) is 28.8 Å². The zero-order valence-corrected chi connectivity index (χ0v) is 17.8. The molecule has 1 aliphatic rings. The van der Waals surface area contributed by atoms with Crippen LogP contribution in [0.5, 0.6) is 0 Å². The molecule has 1 saturated heterocycles. The van der Waals surface area contributed by atoms with Gasteiger partial charge in [0.1, 0.15) is 4.88 Å². The van der Waals surface area contributed by atoms with E-state index in [9.17, 15) is 9.59 Å². The lowest BCUT2D eigenvalue weighted by Crippen LogP contribution is -2.42. The third kappa shape index (κ3) is 4.60. The van der Waals surface area contributed by atoms with Crippen LogP contribution in [0.3, 0.4) is 0 Å². The summed E-state index contributed by atoms with van der Waals surface area (Å²) in [5.41, 5.74) is 2.88. The average molecular weight is 420 g/mol. The number of nitrogens with zero attached hydrogens (tertiary/aromatic N) is 2. The average Bonchev–Trinajstić information content (AvgIpc) is 3.16. The van der Waals surface area contributed by atoms with Crippen LogP contribution in [-0.4, -0.2) is 23.3 Å². The Morgan fingerprint density at radius 2 is 1.77 bits per heavy atom. The van der Waals surface area contributed by atoms with Crippen molar-refractivity contribution < 1.29 is 9.59 Å². The molecule has 0 saturated carbocycles. The highest BCUT2D eigenvalue weighted by Crippen LogP contribution is 2.31. The van der Waals surface area contributed by atoms with Crippen molar-refractivity contribution in [3.05, 3.63) is 82.4 Å². The quantitative estimate of drug-likeness (QED) is 0.645. The molecular weight excluding hydrogens is 394 g/mol. The molecule has 2 heterocycles. The number of hydrogen-bond acceptors (Lipinski definition) is 4. The van der Waals surface area contributed by atoms with Crippen molar-refractivity contribution in [3.8, 4) is 0 Å². The highest BCUT2D eigenvalue weighted by Gasteiger charge is 2.32. The first-order chi connectivity index (χ1) is 14.6. The van der Waals surface area contributed by atoms with Gasteiger partial charge in [-0.1, -0.05) is 72.0 Å². The number of aryl methyl sites for hydroxylation is 1. The minimum Gasteiger partial charge on any atom is -0.347 e. The maximum absolute atomic E-state index is 13.1. The molecule has 0 radical (unpaired) electrons. The SMILES string of the molecule is Cc1nc(N2CCCC(Cc3ccccc3)C2=O)sc1C(=O)NCc1ccccc1. The van der Waals surface area contributed by atoms with Gasteiger partial charge < -0.3 is 5.32 Å². The Hall–Kier alpha value is -2.99. The first-order valence-electron chi connectivity index (χ1n) is 10.3. The molecular formula is C24H25N3O2S. The molecule has 0 spiro atoms. The molecule has 1 fully saturated rings. The van der Waals surface area contributed by atoms with E-state index in [-0.39, 0.29) is 17.7 Å². The number of hydrogen-bond donors (Lipinski definition) is 1. The smallest absolute Gasteiger partial charge is 0.263 e. The number of thiazole rings is 1. The summed E-state index contributed by atoms with van der Waals surface area (Å²) in [6.45, 7) is 2.95. The summed E-state index contributed by atoms with van der Waals surface area (Å²) in [6, 6.07) is 19.9. The number of rotatable bonds is 6. The molecule has 1 aliphatic heterocycles. The minimum absolute atomic E-state index is 0.0410. The predicted molar refractivity (Wildman–Crippen MR) is 120 cm³/mol. The molecule has 2 amide bonds. The third-order valence-corrected chi connectivity index (χ3v) is 6.57. The highest BCUT2D eigenvalue weighted by atomic mass is 32.1. The lowest BCUT2D eigenvalue weighted by molar-refractivity contribution is -0.123. The maximum atomic E-state index is 13.1. The summed E-state index contributed by atoms with van der Waals surface area (Å²) in [4.78, 5) is 32.7. The summed E-state index contributed by atoms with van der Waals surface area (Å²) in [7, 11) is 0. The fraction of sp³-hybridized carbons (Fsp3) is 0.292. The third-order valence-electron chi connectivity index (χ3n) is 5.39. The molecule has 3 aromatic rings. The van der Waals surface area contributed by atoms with E-state index in [0.717, 1.165) is 24.8 Å². The number of benzene rings is 2. The van der Waals surface area contributed by atoms with Gasteiger partial charge in [0.05, 0.1) is 5.69 Å². The van der Waals surface area contributed by atoms with Crippen molar-refractivity contribution in [2.45, 2.75) is 32.7 Å². The zero-order valence-electron chi connectivity index (χ0n) is 17.0. The number of nitrogens with one attached hydrogen (secondary N) is 1. The molecule has 154 valence electrons. The molecule has 0 bridgehead atoms.